The molecule has 0 spiro atoms. The molecule has 1 unspecified atom stereocenters. The van der Waals surface area contributed by atoms with E-state index in [9.17, 15) is 31.2 Å². The maximum atomic E-state index is 14.1. The molecule has 0 aliphatic rings. The SMILES string of the molecule is CCCCNC(=O)C(Cc1ccccc1)N(Cc1cccc(C)c1)C(=O)CN(c1cc(C(F)(F)F)ccc1Cl)S(C)(=O)=O. The number of unbranched alkanes of at least 4 members (excludes halogenated alkanes) is 1. The summed E-state index contributed by atoms with van der Waals surface area (Å²) < 4.78 is 66.9. The summed E-state index contributed by atoms with van der Waals surface area (Å²) in [5, 5.41) is 2.59. The van der Waals surface area contributed by atoms with Gasteiger partial charge in [0.05, 0.1) is 22.5 Å². The molecule has 0 aliphatic carbocycles. The van der Waals surface area contributed by atoms with Crippen LogP contribution in [0.25, 0.3) is 0 Å². The van der Waals surface area contributed by atoms with E-state index in [1.807, 2.05) is 44.2 Å². The molecule has 0 heterocycles. The second kappa shape index (κ2) is 14.7. The molecule has 7 nitrogen and oxygen atoms in total. The zero-order valence-electron chi connectivity index (χ0n) is 24.2. The Bertz CT molecular complexity index is 1520. The molecule has 0 aliphatic heterocycles. The number of aryl methyl sites for hydroxylation is 1. The van der Waals surface area contributed by atoms with Crippen LogP contribution >= 0.6 is 11.6 Å². The van der Waals surface area contributed by atoms with Gasteiger partial charge in [0.25, 0.3) is 0 Å². The van der Waals surface area contributed by atoms with Crippen molar-refractivity contribution >= 4 is 39.1 Å². The number of carbonyl (C=O) groups is 2. The monoisotopic (exact) mass is 637 g/mol. The van der Waals surface area contributed by atoms with Gasteiger partial charge in [0.15, 0.2) is 0 Å². The van der Waals surface area contributed by atoms with Gasteiger partial charge in [0.1, 0.15) is 12.6 Å². The lowest BCUT2D eigenvalue weighted by Gasteiger charge is -2.34. The van der Waals surface area contributed by atoms with E-state index >= 15 is 0 Å². The fraction of sp³-hybridized carbons (Fsp3) is 0.355. The zero-order valence-corrected chi connectivity index (χ0v) is 25.8. The van der Waals surface area contributed by atoms with Crippen LogP contribution in [0.15, 0.2) is 72.8 Å². The molecule has 0 saturated heterocycles. The molecule has 1 N–H and O–H groups in total. The summed E-state index contributed by atoms with van der Waals surface area (Å²) >= 11 is 6.19. The van der Waals surface area contributed by atoms with Gasteiger partial charge in [0, 0.05) is 19.5 Å². The predicted octanol–water partition coefficient (Wildman–Crippen LogP) is 5.99. The van der Waals surface area contributed by atoms with Gasteiger partial charge in [-0.1, -0.05) is 85.1 Å². The lowest BCUT2D eigenvalue weighted by atomic mass is 10.0. The minimum atomic E-state index is -4.78. The molecule has 0 aromatic heterocycles. The van der Waals surface area contributed by atoms with E-state index < -0.39 is 51.9 Å². The predicted molar refractivity (Wildman–Crippen MR) is 162 cm³/mol. The van der Waals surface area contributed by atoms with Crippen molar-refractivity contribution in [3.8, 4) is 0 Å². The van der Waals surface area contributed by atoms with Crippen molar-refractivity contribution in [1.29, 1.82) is 0 Å². The van der Waals surface area contributed by atoms with E-state index in [2.05, 4.69) is 5.32 Å². The van der Waals surface area contributed by atoms with Gasteiger partial charge in [-0.15, -0.1) is 0 Å². The van der Waals surface area contributed by atoms with Crippen LogP contribution in [0.4, 0.5) is 18.9 Å². The number of nitrogens with one attached hydrogen (secondary N) is 1. The smallest absolute Gasteiger partial charge is 0.354 e. The molecule has 0 radical (unpaired) electrons. The van der Waals surface area contributed by atoms with Crippen LogP contribution in [0, 0.1) is 6.92 Å². The number of nitrogens with zero attached hydrogens (tertiary/aromatic N) is 2. The minimum absolute atomic E-state index is 0.0485. The highest BCUT2D eigenvalue weighted by Gasteiger charge is 2.35. The fourth-order valence-corrected chi connectivity index (χ4v) is 5.67. The number of carbonyl (C=O) groups excluding carboxylic acids is 2. The van der Waals surface area contributed by atoms with Gasteiger partial charge in [-0.2, -0.15) is 13.2 Å². The number of alkyl halides is 3. The van der Waals surface area contributed by atoms with Gasteiger partial charge < -0.3 is 10.2 Å². The summed E-state index contributed by atoms with van der Waals surface area (Å²) in [5.74, 6) is -1.21. The van der Waals surface area contributed by atoms with E-state index in [4.69, 9.17) is 11.6 Å². The van der Waals surface area contributed by atoms with E-state index in [1.165, 1.54) is 4.90 Å². The Hall–Kier alpha value is -3.57. The van der Waals surface area contributed by atoms with Crippen molar-refractivity contribution in [1.82, 2.24) is 10.2 Å². The summed E-state index contributed by atoms with van der Waals surface area (Å²) in [6, 6.07) is 17.5. The molecule has 3 aromatic rings. The molecule has 0 bridgehead atoms. The van der Waals surface area contributed by atoms with Crippen LogP contribution in [0.3, 0.4) is 0 Å². The molecule has 232 valence electrons. The maximum absolute atomic E-state index is 14.1. The van der Waals surface area contributed by atoms with Crippen molar-refractivity contribution in [2.45, 2.75) is 51.9 Å². The van der Waals surface area contributed by atoms with Crippen molar-refractivity contribution in [2.24, 2.45) is 0 Å². The summed E-state index contributed by atoms with van der Waals surface area (Å²) in [4.78, 5) is 29.0. The maximum Gasteiger partial charge on any atom is 0.416 e. The van der Waals surface area contributed by atoms with E-state index in [-0.39, 0.29) is 18.0 Å². The molecular formula is C31H35ClF3N3O4S. The van der Waals surface area contributed by atoms with E-state index in [0.717, 1.165) is 35.9 Å². The van der Waals surface area contributed by atoms with Gasteiger partial charge in [-0.25, -0.2) is 8.42 Å². The van der Waals surface area contributed by atoms with Crippen LogP contribution in [-0.4, -0.2) is 50.5 Å². The average Bonchev–Trinajstić information content (AvgIpc) is 2.93. The number of benzene rings is 3. The van der Waals surface area contributed by atoms with Gasteiger partial charge in [0.2, 0.25) is 21.8 Å². The lowest BCUT2D eigenvalue weighted by molar-refractivity contribution is -0.140. The van der Waals surface area contributed by atoms with Crippen molar-refractivity contribution in [3.05, 3.63) is 100 Å². The highest BCUT2D eigenvalue weighted by Crippen LogP contribution is 2.36. The molecule has 1 atom stereocenters. The molecule has 3 rings (SSSR count). The number of anilines is 1. The number of hydrogen-bond donors (Lipinski definition) is 1. The molecule has 12 heteroatoms. The summed E-state index contributed by atoms with van der Waals surface area (Å²) in [6.07, 6.45) is -2.33. The number of halogens is 4. The highest BCUT2D eigenvalue weighted by atomic mass is 35.5. The number of rotatable bonds is 13. The first-order chi connectivity index (χ1) is 20.2. The molecule has 3 aromatic carbocycles. The van der Waals surface area contributed by atoms with Gasteiger partial charge in [-0.05, 0) is 42.7 Å². The standard InChI is InChI=1S/C31H35ClF3N3O4S/c1-4-5-16-36-30(40)28(18-23-11-7-6-8-12-23)37(20-24-13-9-10-22(2)17-24)29(39)21-38(43(3,41)42)27-19-25(31(33,34)35)14-15-26(27)32/h6-15,17,19,28H,4-5,16,18,20-21H2,1-3H3,(H,36,40). The second-order valence-corrected chi connectivity index (χ2v) is 12.6. The Morgan fingerprint density at radius 2 is 1.65 bits per heavy atom. The van der Waals surface area contributed by atoms with Gasteiger partial charge in [-0.3, -0.25) is 13.9 Å². The molecule has 0 saturated carbocycles. The van der Waals surface area contributed by atoms with Crippen molar-refractivity contribution in [2.75, 3.05) is 23.7 Å². The number of amides is 2. The Morgan fingerprint density at radius 3 is 2.26 bits per heavy atom. The topological polar surface area (TPSA) is 86.8 Å². The Morgan fingerprint density at radius 1 is 0.977 bits per heavy atom. The fourth-order valence-electron chi connectivity index (χ4n) is 4.54. The average molecular weight is 638 g/mol. The normalized spacial score (nSPS) is 12.4. The first-order valence-electron chi connectivity index (χ1n) is 13.7. The quantitative estimate of drug-likeness (QED) is 0.233. The molecule has 0 fully saturated rings. The second-order valence-electron chi connectivity index (χ2n) is 10.3. The number of hydrogen-bond acceptors (Lipinski definition) is 4. The third kappa shape index (κ3) is 9.72. The number of sulfonamides is 1. The first-order valence-corrected chi connectivity index (χ1v) is 15.9. The Balaban J connectivity index is 2.10. The largest absolute Gasteiger partial charge is 0.416 e. The zero-order chi connectivity index (χ0) is 31.8. The summed E-state index contributed by atoms with van der Waals surface area (Å²) in [7, 11) is -4.30. The molecule has 43 heavy (non-hydrogen) atoms. The highest BCUT2D eigenvalue weighted by molar-refractivity contribution is 7.92. The van der Waals surface area contributed by atoms with Crippen LogP contribution in [0.2, 0.25) is 5.02 Å². The lowest BCUT2D eigenvalue weighted by Crippen LogP contribution is -2.53. The van der Waals surface area contributed by atoms with Crippen molar-refractivity contribution < 1.29 is 31.2 Å². The van der Waals surface area contributed by atoms with E-state index in [0.29, 0.717) is 28.9 Å². The Kier molecular flexibility index (Phi) is 11.6. The molecule has 2 amide bonds. The van der Waals surface area contributed by atoms with Crippen LogP contribution in [0.5, 0.6) is 0 Å². The Labute approximate surface area is 255 Å². The molecular weight excluding hydrogens is 603 g/mol. The third-order valence-corrected chi connectivity index (χ3v) is 8.20. The third-order valence-electron chi connectivity index (χ3n) is 6.76. The van der Waals surface area contributed by atoms with Crippen LogP contribution in [-0.2, 0) is 38.8 Å². The summed E-state index contributed by atoms with van der Waals surface area (Å²) in [5.41, 5.74) is 0.749. The van der Waals surface area contributed by atoms with Crippen LogP contribution < -0.4 is 9.62 Å². The minimum Gasteiger partial charge on any atom is -0.354 e. The summed E-state index contributed by atoms with van der Waals surface area (Å²) in [6.45, 7) is 3.30. The first kappa shape index (κ1) is 33.9. The van der Waals surface area contributed by atoms with Crippen LogP contribution in [0.1, 0.15) is 42.0 Å². The van der Waals surface area contributed by atoms with Crippen molar-refractivity contribution in [3.63, 3.8) is 0 Å². The van der Waals surface area contributed by atoms with E-state index in [1.54, 1.807) is 24.3 Å². The van der Waals surface area contributed by atoms with Gasteiger partial charge >= 0.3 is 6.18 Å².